The van der Waals surface area contributed by atoms with Crippen molar-refractivity contribution in [3.63, 3.8) is 0 Å². The van der Waals surface area contributed by atoms with E-state index in [1.165, 1.54) is 17.1 Å². The maximum atomic E-state index is 12.1. The summed E-state index contributed by atoms with van der Waals surface area (Å²) in [6.45, 7) is 0. The molecule has 0 saturated carbocycles. The van der Waals surface area contributed by atoms with Gasteiger partial charge in [-0.3, -0.25) is 9.17 Å². The molecule has 1 N–H and O–H groups in total. The maximum Gasteiger partial charge on any atom is 0.269 e. The molecule has 5 heteroatoms. The standard InChI is InChI=1S/C19H15N3OS/c23-18-16-15(12-11-13-7-3-1-4-8-13)20-17(21-19(16)24-22-18)14-9-5-2-6-10-14/h1-10H,11-12H2,(H,22,23). The van der Waals surface area contributed by atoms with Gasteiger partial charge in [0, 0.05) is 5.56 Å². The summed E-state index contributed by atoms with van der Waals surface area (Å²) in [5.41, 5.74) is 2.90. The molecule has 0 unspecified atom stereocenters. The van der Waals surface area contributed by atoms with Crippen molar-refractivity contribution in [3.8, 4) is 11.4 Å². The van der Waals surface area contributed by atoms with Crippen molar-refractivity contribution in [3.05, 3.63) is 82.3 Å². The SMILES string of the molecule is O=c1[nH]sc2nc(-c3ccccc3)nc(CCc3ccccc3)c12. The number of rotatable bonds is 4. The molecular formula is C19H15N3OS. The minimum absolute atomic E-state index is 0.0994. The third-order valence-corrected chi connectivity index (χ3v) is 4.72. The average Bonchev–Trinajstić information content (AvgIpc) is 3.02. The zero-order valence-corrected chi connectivity index (χ0v) is 13.7. The molecule has 2 aromatic carbocycles. The molecule has 24 heavy (non-hydrogen) atoms. The minimum atomic E-state index is -0.0994. The Labute approximate surface area is 143 Å². The monoisotopic (exact) mass is 333 g/mol. The number of aryl methyl sites for hydroxylation is 2. The summed E-state index contributed by atoms with van der Waals surface area (Å²) in [6.07, 6.45) is 1.55. The van der Waals surface area contributed by atoms with Gasteiger partial charge >= 0.3 is 0 Å². The van der Waals surface area contributed by atoms with E-state index in [-0.39, 0.29) is 5.56 Å². The number of nitrogens with zero attached hydrogens (tertiary/aromatic N) is 2. The van der Waals surface area contributed by atoms with Crippen LogP contribution in [0, 0.1) is 0 Å². The molecule has 0 bridgehead atoms. The molecule has 0 saturated heterocycles. The number of aromatic amines is 1. The summed E-state index contributed by atoms with van der Waals surface area (Å²) < 4.78 is 2.78. The summed E-state index contributed by atoms with van der Waals surface area (Å²) in [5, 5.41) is 0.621. The number of nitrogens with one attached hydrogen (secondary N) is 1. The van der Waals surface area contributed by atoms with Gasteiger partial charge in [-0.1, -0.05) is 60.7 Å². The van der Waals surface area contributed by atoms with Gasteiger partial charge in [0.15, 0.2) is 5.82 Å². The first-order valence-corrected chi connectivity index (χ1v) is 8.60. The van der Waals surface area contributed by atoms with Gasteiger partial charge < -0.3 is 0 Å². The Morgan fingerprint density at radius 3 is 2.33 bits per heavy atom. The van der Waals surface area contributed by atoms with Crippen LogP contribution in [-0.4, -0.2) is 14.3 Å². The van der Waals surface area contributed by atoms with Crippen LogP contribution in [0.1, 0.15) is 11.3 Å². The van der Waals surface area contributed by atoms with E-state index < -0.39 is 0 Å². The topological polar surface area (TPSA) is 58.6 Å². The molecule has 0 aliphatic heterocycles. The number of benzene rings is 2. The highest BCUT2D eigenvalue weighted by Gasteiger charge is 2.14. The van der Waals surface area contributed by atoms with Crippen LogP contribution in [0.15, 0.2) is 65.5 Å². The fourth-order valence-corrected chi connectivity index (χ4v) is 3.47. The van der Waals surface area contributed by atoms with Crippen molar-refractivity contribution in [1.82, 2.24) is 14.3 Å². The zero-order valence-electron chi connectivity index (χ0n) is 12.9. The van der Waals surface area contributed by atoms with Gasteiger partial charge in [0.2, 0.25) is 0 Å². The van der Waals surface area contributed by atoms with Crippen LogP contribution < -0.4 is 5.56 Å². The Bertz CT molecular complexity index is 1020. The molecule has 0 spiro atoms. The second-order valence-corrected chi connectivity index (χ2v) is 6.35. The largest absolute Gasteiger partial charge is 0.275 e. The zero-order chi connectivity index (χ0) is 16.4. The molecule has 2 aromatic heterocycles. The predicted molar refractivity (Wildman–Crippen MR) is 97.3 cm³/mol. The first-order chi connectivity index (χ1) is 11.8. The van der Waals surface area contributed by atoms with Crippen LogP contribution >= 0.6 is 11.5 Å². The van der Waals surface area contributed by atoms with E-state index in [0.717, 1.165) is 22.5 Å². The Morgan fingerprint density at radius 1 is 0.875 bits per heavy atom. The summed E-state index contributed by atoms with van der Waals surface area (Å²) in [7, 11) is 0. The second-order valence-electron chi connectivity index (χ2n) is 5.56. The van der Waals surface area contributed by atoms with E-state index in [9.17, 15) is 4.79 Å². The highest BCUT2D eigenvalue weighted by molar-refractivity contribution is 7.12. The first kappa shape index (κ1) is 14.8. The molecule has 0 fully saturated rings. The minimum Gasteiger partial charge on any atom is -0.275 e. The van der Waals surface area contributed by atoms with Crippen LogP contribution in [-0.2, 0) is 12.8 Å². The number of aromatic nitrogens is 3. The van der Waals surface area contributed by atoms with Crippen LogP contribution in [0.25, 0.3) is 21.6 Å². The molecule has 118 valence electrons. The number of hydrogen-bond donors (Lipinski definition) is 1. The molecule has 0 atom stereocenters. The van der Waals surface area contributed by atoms with Gasteiger partial charge in [-0.15, -0.1) is 0 Å². The summed E-state index contributed by atoms with van der Waals surface area (Å²) in [5.74, 6) is 0.668. The van der Waals surface area contributed by atoms with Gasteiger partial charge in [0.25, 0.3) is 5.56 Å². The molecule has 0 aliphatic rings. The molecular weight excluding hydrogens is 318 g/mol. The molecule has 0 aliphatic carbocycles. The summed E-state index contributed by atoms with van der Waals surface area (Å²) in [6, 6.07) is 20.1. The van der Waals surface area contributed by atoms with E-state index in [4.69, 9.17) is 4.98 Å². The van der Waals surface area contributed by atoms with E-state index in [2.05, 4.69) is 21.5 Å². The first-order valence-electron chi connectivity index (χ1n) is 7.79. The predicted octanol–water partition coefficient (Wildman–Crippen LogP) is 3.83. The van der Waals surface area contributed by atoms with Crippen molar-refractivity contribution in [2.75, 3.05) is 0 Å². The molecule has 0 radical (unpaired) electrons. The Kier molecular flexibility index (Phi) is 3.92. The van der Waals surface area contributed by atoms with Gasteiger partial charge in [-0.2, -0.15) is 0 Å². The van der Waals surface area contributed by atoms with Crippen molar-refractivity contribution < 1.29 is 0 Å². The molecule has 4 rings (SSSR count). The lowest BCUT2D eigenvalue weighted by atomic mass is 10.1. The third-order valence-electron chi connectivity index (χ3n) is 3.94. The summed E-state index contributed by atoms with van der Waals surface area (Å²) in [4.78, 5) is 22.1. The van der Waals surface area contributed by atoms with Crippen molar-refractivity contribution in [1.29, 1.82) is 0 Å². The van der Waals surface area contributed by atoms with Gasteiger partial charge in [0.05, 0.1) is 11.1 Å². The van der Waals surface area contributed by atoms with Gasteiger partial charge in [-0.25, -0.2) is 9.97 Å². The van der Waals surface area contributed by atoms with Crippen molar-refractivity contribution in [2.45, 2.75) is 12.8 Å². The van der Waals surface area contributed by atoms with Crippen LogP contribution in [0.2, 0.25) is 0 Å². The number of H-pyrrole nitrogens is 1. The van der Waals surface area contributed by atoms with Crippen LogP contribution in [0.5, 0.6) is 0 Å². The fourth-order valence-electron chi connectivity index (χ4n) is 2.74. The van der Waals surface area contributed by atoms with E-state index in [1.54, 1.807) is 0 Å². The average molecular weight is 333 g/mol. The van der Waals surface area contributed by atoms with Crippen molar-refractivity contribution in [2.24, 2.45) is 0 Å². The van der Waals surface area contributed by atoms with Crippen LogP contribution in [0.4, 0.5) is 0 Å². The lowest BCUT2D eigenvalue weighted by molar-refractivity contribution is 0.919. The Balaban J connectivity index is 1.77. The van der Waals surface area contributed by atoms with E-state index >= 15 is 0 Å². The molecule has 4 nitrogen and oxygen atoms in total. The molecule has 4 aromatic rings. The van der Waals surface area contributed by atoms with Crippen molar-refractivity contribution >= 4 is 21.7 Å². The quantitative estimate of drug-likeness (QED) is 0.617. The lowest BCUT2D eigenvalue weighted by Crippen LogP contribution is -2.06. The normalized spacial score (nSPS) is 11.0. The fraction of sp³-hybridized carbons (Fsp3) is 0.105. The van der Waals surface area contributed by atoms with Gasteiger partial charge in [0.1, 0.15) is 4.83 Å². The summed E-state index contributed by atoms with van der Waals surface area (Å²) >= 11 is 1.27. The van der Waals surface area contributed by atoms with E-state index in [1.807, 2.05) is 48.5 Å². The second kappa shape index (κ2) is 6.37. The lowest BCUT2D eigenvalue weighted by Gasteiger charge is -2.06. The smallest absolute Gasteiger partial charge is 0.269 e. The third kappa shape index (κ3) is 2.86. The highest BCUT2D eigenvalue weighted by Crippen LogP contribution is 2.22. The molecule has 0 amide bonds. The van der Waals surface area contributed by atoms with Gasteiger partial charge in [-0.05, 0) is 29.9 Å². The highest BCUT2D eigenvalue weighted by atomic mass is 32.1. The van der Waals surface area contributed by atoms with Crippen LogP contribution in [0.3, 0.4) is 0 Å². The van der Waals surface area contributed by atoms with E-state index in [0.29, 0.717) is 17.6 Å². The number of fused-ring (bicyclic) bond motifs is 1. The molecule has 2 heterocycles. The Hall–Kier alpha value is -2.79. The number of hydrogen-bond acceptors (Lipinski definition) is 4. The Morgan fingerprint density at radius 2 is 1.58 bits per heavy atom. The maximum absolute atomic E-state index is 12.1.